The summed E-state index contributed by atoms with van der Waals surface area (Å²) in [5, 5.41) is 0. The van der Waals surface area contributed by atoms with Gasteiger partial charge in [0.05, 0.1) is 0 Å². The topological polar surface area (TPSA) is 26.3 Å². The normalized spacial score (nSPS) is 9.50. The third-order valence-electron chi connectivity index (χ3n) is 0.383. The summed E-state index contributed by atoms with van der Waals surface area (Å²) in [6.45, 7) is 2.77. The number of esters is 1. The van der Waals surface area contributed by atoms with E-state index in [9.17, 15) is 18.0 Å². The van der Waals surface area contributed by atoms with Crippen molar-refractivity contribution in [2.24, 2.45) is 0 Å². The molecule has 0 aliphatic carbocycles. The summed E-state index contributed by atoms with van der Waals surface area (Å²) in [5.41, 5.74) is 0. The highest BCUT2D eigenvalue weighted by Crippen LogP contribution is 2.15. The van der Waals surface area contributed by atoms with Crippen molar-refractivity contribution in [2.45, 2.75) is 13.8 Å². The van der Waals surface area contributed by atoms with Gasteiger partial charge in [0, 0.05) is 6.08 Å². The van der Waals surface area contributed by atoms with Crippen LogP contribution in [-0.4, -0.2) is 12.3 Å². The van der Waals surface area contributed by atoms with E-state index in [-0.39, 0.29) is 7.43 Å². The molecule has 0 atom stereocenters. The van der Waals surface area contributed by atoms with Gasteiger partial charge in [-0.1, -0.05) is 14.0 Å². The molecule has 0 aromatic rings. The second kappa shape index (κ2) is 3.92. The number of halogens is 3. The first-order valence-electron chi connectivity index (χ1n) is 1.88. The van der Waals surface area contributed by atoms with Crippen molar-refractivity contribution in [1.82, 2.24) is 0 Å². The van der Waals surface area contributed by atoms with E-state index in [1.54, 1.807) is 0 Å². The largest absolute Gasteiger partial charge is 0.575 e. The molecule has 0 heterocycles. The molecule has 0 bridgehead atoms. The SMILES string of the molecule is C.C=CC(=O)OC(F)(F)F. The molecule has 2 nitrogen and oxygen atoms in total. The summed E-state index contributed by atoms with van der Waals surface area (Å²) in [7, 11) is 0. The van der Waals surface area contributed by atoms with Crippen LogP contribution in [0.4, 0.5) is 13.2 Å². The molecule has 0 unspecified atom stereocenters. The van der Waals surface area contributed by atoms with E-state index in [1.807, 2.05) is 0 Å². The van der Waals surface area contributed by atoms with Gasteiger partial charge in [0.25, 0.3) is 0 Å². The second-order valence-electron chi connectivity index (χ2n) is 1.07. The maximum absolute atomic E-state index is 11.0. The zero-order chi connectivity index (χ0) is 7.49. The molecule has 0 saturated carbocycles. The summed E-state index contributed by atoms with van der Waals surface area (Å²) in [4.78, 5) is 9.77. The molecule has 0 spiro atoms. The van der Waals surface area contributed by atoms with Crippen LogP contribution in [0.5, 0.6) is 0 Å². The van der Waals surface area contributed by atoms with Gasteiger partial charge in [-0.25, -0.2) is 4.79 Å². The smallest absolute Gasteiger partial charge is 0.370 e. The van der Waals surface area contributed by atoms with Crippen molar-refractivity contribution in [3.05, 3.63) is 12.7 Å². The molecule has 0 fully saturated rings. The first-order chi connectivity index (χ1) is 3.95. The van der Waals surface area contributed by atoms with Gasteiger partial charge < -0.3 is 4.74 Å². The maximum Gasteiger partial charge on any atom is 0.575 e. The van der Waals surface area contributed by atoms with Crippen LogP contribution in [0.15, 0.2) is 12.7 Å². The van der Waals surface area contributed by atoms with E-state index in [2.05, 4.69) is 11.3 Å². The van der Waals surface area contributed by atoms with Gasteiger partial charge in [-0.05, 0) is 0 Å². The van der Waals surface area contributed by atoms with Crippen molar-refractivity contribution in [3.63, 3.8) is 0 Å². The highest BCUT2D eigenvalue weighted by Gasteiger charge is 2.32. The fraction of sp³-hybridized carbons (Fsp3) is 0.400. The predicted octanol–water partition coefficient (Wildman–Crippen LogP) is 1.87. The van der Waals surface area contributed by atoms with Crippen LogP contribution in [0.3, 0.4) is 0 Å². The quantitative estimate of drug-likeness (QED) is 0.428. The Hall–Kier alpha value is -1.00. The molecular formula is C5H7F3O2. The Bertz CT molecular complexity index is 127. The monoisotopic (exact) mass is 156 g/mol. The third-order valence-corrected chi connectivity index (χ3v) is 0.383. The molecule has 60 valence electrons. The molecule has 0 aromatic carbocycles. The lowest BCUT2D eigenvalue weighted by atomic mass is 10.7. The van der Waals surface area contributed by atoms with Crippen molar-refractivity contribution in [1.29, 1.82) is 0 Å². The Morgan fingerprint density at radius 2 is 1.90 bits per heavy atom. The standard InChI is InChI=1S/C4H3F3O2.CH4/c1-2-3(8)9-4(5,6)7;/h2H,1H2;1H4. The van der Waals surface area contributed by atoms with Crippen LogP contribution in [0.2, 0.25) is 0 Å². The Morgan fingerprint density at radius 1 is 1.50 bits per heavy atom. The Labute approximate surface area is 56.3 Å². The molecule has 0 aliphatic rings. The molecule has 0 amide bonds. The molecule has 0 saturated heterocycles. The lowest BCUT2D eigenvalue weighted by molar-refractivity contribution is -0.302. The van der Waals surface area contributed by atoms with E-state index in [0.717, 1.165) is 0 Å². The van der Waals surface area contributed by atoms with E-state index < -0.39 is 12.3 Å². The minimum atomic E-state index is -4.90. The first-order valence-corrected chi connectivity index (χ1v) is 1.88. The molecule has 0 N–H and O–H groups in total. The number of carbonyl (C=O) groups excluding carboxylic acids is 1. The molecule has 0 radical (unpaired) electrons. The fourth-order valence-corrected chi connectivity index (χ4v) is 0.156. The molecular weight excluding hydrogens is 149 g/mol. The van der Waals surface area contributed by atoms with E-state index in [1.165, 1.54) is 0 Å². The Morgan fingerprint density at radius 3 is 2.00 bits per heavy atom. The summed E-state index contributed by atoms with van der Waals surface area (Å²) < 4.78 is 35.8. The number of hydrogen-bond acceptors (Lipinski definition) is 2. The number of hydrogen-bond donors (Lipinski definition) is 0. The van der Waals surface area contributed by atoms with Gasteiger partial charge in [-0.3, -0.25) is 0 Å². The van der Waals surface area contributed by atoms with Crippen LogP contribution in [0, 0.1) is 0 Å². The Kier molecular flexibility index (Phi) is 4.61. The summed E-state index contributed by atoms with van der Waals surface area (Å²) >= 11 is 0. The number of rotatable bonds is 1. The van der Waals surface area contributed by atoms with Crippen LogP contribution in [0.1, 0.15) is 7.43 Å². The number of ether oxygens (including phenoxy) is 1. The zero-order valence-electron chi connectivity index (χ0n) is 4.23. The maximum atomic E-state index is 11.0. The second-order valence-corrected chi connectivity index (χ2v) is 1.07. The minimum absolute atomic E-state index is 0. The van der Waals surface area contributed by atoms with Gasteiger partial charge in [-0.2, -0.15) is 0 Å². The van der Waals surface area contributed by atoms with Gasteiger partial charge in [-0.15, -0.1) is 13.2 Å². The highest BCUT2D eigenvalue weighted by atomic mass is 19.4. The summed E-state index contributed by atoms with van der Waals surface area (Å²) in [5.74, 6) is -1.50. The van der Waals surface area contributed by atoms with E-state index in [0.29, 0.717) is 6.08 Å². The van der Waals surface area contributed by atoms with E-state index in [4.69, 9.17) is 0 Å². The molecule has 0 rings (SSSR count). The molecule has 0 aliphatic heterocycles. The molecule has 10 heavy (non-hydrogen) atoms. The lowest BCUT2D eigenvalue weighted by Crippen LogP contribution is -2.17. The zero-order valence-corrected chi connectivity index (χ0v) is 4.23. The van der Waals surface area contributed by atoms with Crippen molar-refractivity contribution < 1.29 is 22.7 Å². The highest BCUT2D eigenvalue weighted by molar-refractivity contribution is 5.81. The average Bonchev–Trinajstić information content (AvgIpc) is 1.62. The van der Waals surface area contributed by atoms with Crippen molar-refractivity contribution in [2.75, 3.05) is 0 Å². The van der Waals surface area contributed by atoms with Gasteiger partial charge in [0.2, 0.25) is 0 Å². The average molecular weight is 156 g/mol. The summed E-state index contributed by atoms with van der Waals surface area (Å²) in [6, 6.07) is 0. The van der Waals surface area contributed by atoms with Crippen LogP contribution < -0.4 is 0 Å². The summed E-state index contributed by atoms with van der Waals surface area (Å²) in [6.07, 6.45) is -4.46. The predicted molar refractivity (Wildman–Crippen MR) is 29.1 cm³/mol. The number of carbonyl (C=O) groups is 1. The third kappa shape index (κ3) is 7.00. The van der Waals surface area contributed by atoms with Gasteiger partial charge >= 0.3 is 12.3 Å². The lowest BCUT2D eigenvalue weighted by Gasteiger charge is -2.02. The van der Waals surface area contributed by atoms with Crippen LogP contribution in [0.25, 0.3) is 0 Å². The van der Waals surface area contributed by atoms with Crippen LogP contribution in [-0.2, 0) is 9.53 Å². The van der Waals surface area contributed by atoms with Gasteiger partial charge in [0.1, 0.15) is 0 Å². The Balaban J connectivity index is 0. The molecule has 5 heteroatoms. The van der Waals surface area contributed by atoms with Crippen molar-refractivity contribution in [3.8, 4) is 0 Å². The fourth-order valence-electron chi connectivity index (χ4n) is 0.156. The first kappa shape index (κ1) is 11.8. The van der Waals surface area contributed by atoms with Crippen LogP contribution >= 0.6 is 0 Å². The van der Waals surface area contributed by atoms with E-state index >= 15 is 0 Å². The molecule has 0 aromatic heterocycles. The van der Waals surface area contributed by atoms with Gasteiger partial charge in [0.15, 0.2) is 0 Å². The minimum Gasteiger partial charge on any atom is -0.370 e. The van der Waals surface area contributed by atoms with Crippen molar-refractivity contribution >= 4 is 5.97 Å². The number of alkyl halides is 3.